The van der Waals surface area contributed by atoms with E-state index in [-0.39, 0.29) is 17.9 Å². The van der Waals surface area contributed by atoms with Crippen molar-refractivity contribution in [2.75, 3.05) is 19.8 Å². The molecule has 0 radical (unpaired) electrons. The predicted octanol–water partition coefficient (Wildman–Crippen LogP) is 0.404. The molecule has 158 valence electrons. The zero-order valence-corrected chi connectivity index (χ0v) is 16.5. The van der Waals surface area contributed by atoms with E-state index in [2.05, 4.69) is 16.0 Å². The lowest BCUT2D eigenvalue weighted by molar-refractivity contribution is -0.130. The van der Waals surface area contributed by atoms with Crippen LogP contribution in [0.3, 0.4) is 0 Å². The van der Waals surface area contributed by atoms with Gasteiger partial charge in [0, 0.05) is 13.0 Å². The van der Waals surface area contributed by atoms with Crippen molar-refractivity contribution < 1.29 is 24.2 Å². The lowest BCUT2D eigenvalue weighted by Crippen LogP contribution is -2.55. The van der Waals surface area contributed by atoms with Gasteiger partial charge < -0.3 is 25.8 Å². The molecule has 8 nitrogen and oxygen atoms in total. The molecule has 0 aliphatic carbocycles. The van der Waals surface area contributed by atoms with Gasteiger partial charge in [-0.3, -0.25) is 14.4 Å². The van der Waals surface area contributed by atoms with E-state index in [4.69, 9.17) is 4.74 Å². The number of fused-ring (bicyclic) bond motifs is 1. The fourth-order valence-electron chi connectivity index (χ4n) is 3.13. The van der Waals surface area contributed by atoms with Crippen LogP contribution in [0.1, 0.15) is 22.3 Å². The first-order valence-corrected chi connectivity index (χ1v) is 9.84. The van der Waals surface area contributed by atoms with Crippen LogP contribution in [0, 0.1) is 0 Å². The lowest BCUT2D eigenvalue weighted by atomic mass is 10.0. The minimum Gasteiger partial charge on any atom is -0.493 e. The molecule has 8 heteroatoms. The second-order valence-electron chi connectivity index (χ2n) is 6.95. The molecule has 2 aromatic carbocycles. The van der Waals surface area contributed by atoms with Crippen molar-refractivity contribution in [3.05, 3.63) is 65.7 Å². The average Bonchev–Trinajstić information content (AvgIpc) is 2.76. The van der Waals surface area contributed by atoms with Crippen molar-refractivity contribution in [1.82, 2.24) is 16.0 Å². The number of benzene rings is 2. The molecule has 0 unspecified atom stereocenters. The largest absolute Gasteiger partial charge is 0.493 e. The van der Waals surface area contributed by atoms with Gasteiger partial charge in [0.05, 0.1) is 18.8 Å². The first kappa shape index (κ1) is 21.3. The molecule has 0 fully saturated rings. The Morgan fingerprint density at radius 1 is 0.900 bits per heavy atom. The summed E-state index contributed by atoms with van der Waals surface area (Å²) >= 11 is 0. The molecule has 2 aromatic rings. The monoisotopic (exact) mass is 411 g/mol. The SMILES string of the molecule is O=C1N[C@@H](CO)C(=O)N[C@H](Cc2ccccc2)C(=O)NCCCOc2ccccc21. The number of aliphatic hydroxyl groups excluding tert-OH is 1. The molecule has 1 aliphatic heterocycles. The topological polar surface area (TPSA) is 117 Å². The Morgan fingerprint density at radius 2 is 1.63 bits per heavy atom. The fraction of sp³-hybridized carbons (Fsp3) is 0.318. The van der Waals surface area contributed by atoms with E-state index in [1.807, 2.05) is 30.3 Å². The van der Waals surface area contributed by atoms with Crippen molar-refractivity contribution in [1.29, 1.82) is 0 Å². The molecule has 0 saturated carbocycles. The zero-order valence-electron chi connectivity index (χ0n) is 16.5. The van der Waals surface area contributed by atoms with Crippen molar-refractivity contribution in [2.24, 2.45) is 0 Å². The summed E-state index contributed by atoms with van der Waals surface area (Å²) in [6.45, 7) is 0.0573. The van der Waals surface area contributed by atoms with E-state index in [9.17, 15) is 19.5 Å². The van der Waals surface area contributed by atoms with Gasteiger partial charge in [0.25, 0.3) is 5.91 Å². The Kier molecular flexibility index (Phi) is 7.40. The molecule has 1 aliphatic rings. The number of carbonyl (C=O) groups is 3. The molecule has 0 bridgehead atoms. The molecule has 3 amide bonds. The van der Waals surface area contributed by atoms with Gasteiger partial charge in [0.1, 0.15) is 17.8 Å². The summed E-state index contributed by atoms with van der Waals surface area (Å²) in [5.41, 5.74) is 1.14. The standard InChI is InChI=1S/C22H25N3O5/c26-14-18-22(29)24-17(13-15-7-2-1-3-8-15)21(28)23-11-6-12-30-19-10-5-4-9-16(19)20(27)25-18/h1-5,7-10,17-18,26H,6,11-14H2,(H,23,28)(H,24,29)(H,25,27)/t17-,18+/m1/s1. The van der Waals surface area contributed by atoms with Crippen LogP contribution in [0.15, 0.2) is 54.6 Å². The highest BCUT2D eigenvalue weighted by Crippen LogP contribution is 2.18. The molecular weight excluding hydrogens is 386 g/mol. The van der Waals surface area contributed by atoms with Crippen LogP contribution in [0.4, 0.5) is 0 Å². The zero-order chi connectivity index (χ0) is 21.3. The van der Waals surface area contributed by atoms with E-state index in [0.717, 1.165) is 5.56 Å². The van der Waals surface area contributed by atoms with Crippen LogP contribution in [0.25, 0.3) is 0 Å². The van der Waals surface area contributed by atoms with Crippen LogP contribution in [0.5, 0.6) is 5.75 Å². The van der Waals surface area contributed by atoms with Gasteiger partial charge in [0.15, 0.2) is 0 Å². The maximum absolute atomic E-state index is 12.7. The molecule has 4 N–H and O–H groups in total. The molecule has 0 aromatic heterocycles. The lowest BCUT2D eigenvalue weighted by Gasteiger charge is -2.23. The Balaban J connectivity index is 1.82. The number of ether oxygens (including phenoxy) is 1. The van der Waals surface area contributed by atoms with E-state index in [0.29, 0.717) is 25.3 Å². The van der Waals surface area contributed by atoms with Crippen molar-refractivity contribution in [3.63, 3.8) is 0 Å². The van der Waals surface area contributed by atoms with Gasteiger partial charge in [-0.1, -0.05) is 42.5 Å². The third-order valence-corrected chi connectivity index (χ3v) is 4.73. The molecule has 0 spiro atoms. The first-order valence-electron chi connectivity index (χ1n) is 9.84. The number of nitrogens with one attached hydrogen (secondary N) is 3. The molecule has 0 saturated heterocycles. The summed E-state index contributed by atoms with van der Waals surface area (Å²) in [7, 11) is 0. The van der Waals surface area contributed by atoms with Gasteiger partial charge in [-0.2, -0.15) is 0 Å². The summed E-state index contributed by atoms with van der Waals surface area (Å²) in [6, 6.07) is 13.9. The maximum Gasteiger partial charge on any atom is 0.255 e. The van der Waals surface area contributed by atoms with Crippen LogP contribution >= 0.6 is 0 Å². The van der Waals surface area contributed by atoms with Gasteiger partial charge in [-0.25, -0.2) is 0 Å². The quantitative estimate of drug-likeness (QED) is 0.584. The number of rotatable bonds is 3. The highest BCUT2D eigenvalue weighted by Gasteiger charge is 2.27. The number of carbonyl (C=O) groups excluding carboxylic acids is 3. The second-order valence-corrected chi connectivity index (χ2v) is 6.95. The Hall–Kier alpha value is -3.39. The number of para-hydroxylation sites is 1. The van der Waals surface area contributed by atoms with Crippen molar-refractivity contribution >= 4 is 17.7 Å². The number of aliphatic hydroxyl groups is 1. The molecule has 30 heavy (non-hydrogen) atoms. The van der Waals surface area contributed by atoms with Gasteiger partial charge in [-0.15, -0.1) is 0 Å². The Labute approximate surface area is 174 Å². The number of hydrogen-bond donors (Lipinski definition) is 4. The molecule has 1 heterocycles. The Morgan fingerprint density at radius 3 is 2.40 bits per heavy atom. The Bertz CT molecular complexity index is 887. The smallest absolute Gasteiger partial charge is 0.255 e. The second kappa shape index (κ2) is 10.4. The van der Waals surface area contributed by atoms with Crippen molar-refractivity contribution in [2.45, 2.75) is 24.9 Å². The minimum atomic E-state index is -1.21. The minimum absolute atomic E-state index is 0.269. The van der Waals surface area contributed by atoms with E-state index in [1.165, 1.54) is 0 Å². The molecular formula is C22H25N3O5. The van der Waals surface area contributed by atoms with Gasteiger partial charge in [0.2, 0.25) is 11.8 Å². The maximum atomic E-state index is 12.7. The van der Waals surface area contributed by atoms with Gasteiger partial charge >= 0.3 is 0 Å². The van der Waals surface area contributed by atoms with E-state index < -0.39 is 30.5 Å². The van der Waals surface area contributed by atoms with E-state index >= 15 is 0 Å². The molecule has 2 atom stereocenters. The highest BCUT2D eigenvalue weighted by atomic mass is 16.5. The normalized spacial score (nSPS) is 20.6. The fourth-order valence-corrected chi connectivity index (χ4v) is 3.13. The summed E-state index contributed by atoms with van der Waals surface area (Å²) < 4.78 is 5.68. The third-order valence-electron chi connectivity index (χ3n) is 4.73. The number of amides is 3. The average molecular weight is 411 g/mol. The summed E-state index contributed by atoms with van der Waals surface area (Å²) in [5, 5.41) is 17.6. The summed E-state index contributed by atoms with van der Waals surface area (Å²) in [5.74, 6) is -1.15. The van der Waals surface area contributed by atoms with E-state index in [1.54, 1.807) is 24.3 Å². The van der Waals surface area contributed by atoms with Gasteiger partial charge in [-0.05, 0) is 24.1 Å². The highest BCUT2D eigenvalue weighted by molar-refractivity contribution is 6.00. The summed E-state index contributed by atoms with van der Waals surface area (Å²) in [4.78, 5) is 38.1. The number of hydrogen-bond acceptors (Lipinski definition) is 5. The van der Waals surface area contributed by atoms with Crippen LogP contribution in [-0.2, 0) is 16.0 Å². The van der Waals surface area contributed by atoms with Crippen LogP contribution in [0.2, 0.25) is 0 Å². The van der Waals surface area contributed by atoms with Crippen LogP contribution in [-0.4, -0.2) is 54.7 Å². The van der Waals surface area contributed by atoms with Crippen molar-refractivity contribution in [3.8, 4) is 5.75 Å². The third kappa shape index (κ3) is 5.57. The summed E-state index contributed by atoms with van der Waals surface area (Å²) in [6.07, 6.45) is 0.816. The predicted molar refractivity (Wildman–Crippen MR) is 110 cm³/mol. The van der Waals surface area contributed by atoms with Crippen LogP contribution < -0.4 is 20.7 Å². The molecule has 3 rings (SSSR count). The first-order chi connectivity index (χ1) is 14.6.